The zero-order valence-corrected chi connectivity index (χ0v) is 13.7. The second-order valence-electron chi connectivity index (χ2n) is 6.09. The molecule has 0 aliphatic carbocycles. The summed E-state index contributed by atoms with van der Waals surface area (Å²) in [4.78, 5) is 19.6. The molecule has 0 saturated heterocycles. The highest BCUT2D eigenvalue weighted by molar-refractivity contribution is 5.78. The van der Waals surface area contributed by atoms with E-state index in [2.05, 4.69) is 20.2 Å². The SMILES string of the molecule is CC(C)Oc1ccc(-c2nc3c(C(C)C)[nH]nc3c(=O)[nH]2)cc1. The maximum atomic E-state index is 12.2. The number of nitrogens with one attached hydrogen (secondary N) is 2. The minimum absolute atomic E-state index is 0.120. The molecule has 0 atom stereocenters. The third kappa shape index (κ3) is 2.97. The van der Waals surface area contributed by atoms with E-state index in [1.165, 1.54) is 0 Å². The fourth-order valence-electron chi connectivity index (χ4n) is 2.43. The van der Waals surface area contributed by atoms with E-state index in [0.29, 0.717) is 16.9 Å². The second-order valence-corrected chi connectivity index (χ2v) is 6.09. The van der Waals surface area contributed by atoms with Gasteiger partial charge in [0, 0.05) is 5.56 Å². The van der Waals surface area contributed by atoms with Crippen LogP contribution in [0.15, 0.2) is 29.1 Å². The number of rotatable bonds is 4. The van der Waals surface area contributed by atoms with Crippen LogP contribution in [0.2, 0.25) is 0 Å². The first-order valence-corrected chi connectivity index (χ1v) is 7.71. The van der Waals surface area contributed by atoms with Gasteiger partial charge in [-0.25, -0.2) is 4.98 Å². The van der Waals surface area contributed by atoms with E-state index in [-0.39, 0.29) is 17.6 Å². The second kappa shape index (κ2) is 5.87. The number of fused-ring (bicyclic) bond motifs is 1. The Morgan fingerprint density at radius 2 is 1.74 bits per heavy atom. The largest absolute Gasteiger partial charge is 0.491 e. The molecule has 0 unspecified atom stereocenters. The molecule has 0 radical (unpaired) electrons. The first-order valence-electron chi connectivity index (χ1n) is 7.71. The summed E-state index contributed by atoms with van der Waals surface area (Å²) >= 11 is 0. The minimum Gasteiger partial charge on any atom is -0.491 e. The zero-order chi connectivity index (χ0) is 16.6. The number of benzene rings is 1. The van der Waals surface area contributed by atoms with E-state index >= 15 is 0 Å². The topological polar surface area (TPSA) is 83.7 Å². The highest BCUT2D eigenvalue weighted by Gasteiger charge is 2.15. The van der Waals surface area contributed by atoms with Crippen LogP contribution in [0.4, 0.5) is 0 Å². The maximum Gasteiger partial charge on any atom is 0.279 e. The lowest BCUT2D eigenvalue weighted by atomic mass is 10.1. The van der Waals surface area contributed by atoms with Gasteiger partial charge in [-0.05, 0) is 44.0 Å². The summed E-state index contributed by atoms with van der Waals surface area (Å²) in [5.41, 5.74) is 2.43. The molecule has 0 spiro atoms. The average molecular weight is 312 g/mol. The average Bonchev–Trinajstić information content (AvgIpc) is 2.92. The van der Waals surface area contributed by atoms with Gasteiger partial charge in [-0.3, -0.25) is 9.89 Å². The monoisotopic (exact) mass is 312 g/mol. The molecule has 23 heavy (non-hydrogen) atoms. The summed E-state index contributed by atoms with van der Waals surface area (Å²) < 4.78 is 5.63. The van der Waals surface area contributed by atoms with E-state index in [1.807, 2.05) is 52.0 Å². The molecule has 2 heterocycles. The van der Waals surface area contributed by atoms with Crippen LogP contribution in [-0.4, -0.2) is 26.3 Å². The van der Waals surface area contributed by atoms with Gasteiger partial charge in [-0.2, -0.15) is 5.10 Å². The minimum atomic E-state index is -0.240. The highest BCUT2D eigenvalue weighted by atomic mass is 16.5. The van der Waals surface area contributed by atoms with E-state index in [1.54, 1.807) is 0 Å². The van der Waals surface area contributed by atoms with Gasteiger partial charge in [-0.15, -0.1) is 0 Å². The number of H-pyrrole nitrogens is 2. The van der Waals surface area contributed by atoms with Crippen molar-refractivity contribution in [3.63, 3.8) is 0 Å². The third-order valence-electron chi connectivity index (χ3n) is 3.52. The molecule has 0 saturated carbocycles. The molecule has 3 rings (SSSR count). The lowest BCUT2D eigenvalue weighted by Gasteiger charge is -2.10. The number of hydrogen-bond donors (Lipinski definition) is 2. The third-order valence-corrected chi connectivity index (χ3v) is 3.52. The van der Waals surface area contributed by atoms with Gasteiger partial charge in [0.05, 0.1) is 11.8 Å². The van der Waals surface area contributed by atoms with Crippen LogP contribution in [-0.2, 0) is 0 Å². The molecule has 3 aromatic rings. The van der Waals surface area contributed by atoms with Crippen molar-refractivity contribution in [1.29, 1.82) is 0 Å². The number of nitrogens with zero attached hydrogens (tertiary/aromatic N) is 2. The molecule has 120 valence electrons. The van der Waals surface area contributed by atoms with Gasteiger partial charge >= 0.3 is 0 Å². The van der Waals surface area contributed by atoms with Crippen LogP contribution in [0.5, 0.6) is 5.75 Å². The molecule has 1 aromatic carbocycles. The van der Waals surface area contributed by atoms with Crippen LogP contribution in [0.25, 0.3) is 22.4 Å². The lowest BCUT2D eigenvalue weighted by molar-refractivity contribution is 0.242. The van der Waals surface area contributed by atoms with Gasteiger partial charge in [0.15, 0.2) is 5.52 Å². The first kappa shape index (κ1) is 15.3. The van der Waals surface area contributed by atoms with Crippen molar-refractivity contribution in [3.05, 3.63) is 40.3 Å². The van der Waals surface area contributed by atoms with Crippen molar-refractivity contribution in [1.82, 2.24) is 20.2 Å². The Labute approximate surface area is 133 Å². The van der Waals surface area contributed by atoms with Crippen LogP contribution in [0.1, 0.15) is 39.3 Å². The first-order chi connectivity index (χ1) is 11.0. The Kier molecular flexibility index (Phi) is 3.90. The van der Waals surface area contributed by atoms with Gasteiger partial charge in [-0.1, -0.05) is 13.8 Å². The standard InChI is InChI=1S/C17H20N4O2/c1-9(2)13-14-15(21-20-13)17(22)19-16(18-14)11-5-7-12(8-6-11)23-10(3)4/h5-10H,1-4H3,(H,20,21)(H,18,19,22). The Hall–Kier alpha value is -2.63. The van der Waals surface area contributed by atoms with Crippen LogP contribution < -0.4 is 10.3 Å². The van der Waals surface area contributed by atoms with Gasteiger partial charge < -0.3 is 9.72 Å². The van der Waals surface area contributed by atoms with Crippen LogP contribution in [0.3, 0.4) is 0 Å². The van der Waals surface area contributed by atoms with E-state index in [9.17, 15) is 4.79 Å². The summed E-state index contributed by atoms with van der Waals surface area (Å²) in [5, 5.41) is 6.98. The molecule has 0 amide bonds. The van der Waals surface area contributed by atoms with Crippen molar-refractivity contribution in [3.8, 4) is 17.1 Å². The molecule has 0 aliphatic heterocycles. The van der Waals surface area contributed by atoms with Crippen molar-refractivity contribution >= 4 is 11.0 Å². The van der Waals surface area contributed by atoms with Gasteiger partial charge in [0.25, 0.3) is 5.56 Å². The van der Waals surface area contributed by atoms with Crippen molar-refractivity contribution in [2.75, 3.05) is 0 Å². The van der Waals surface area contributed by atoms with Gasteiger partial charge in [0.2, 0.25) is 0 Å². The molecular weight excluding hydrogens is 292 g/mol. The summed E-state index contributed by atoms with van der Waals surface area (Å²) in [7, 11) is 0. The quantitative estimate of drug-likeness (QED) is 0.774. The maximum absolute atomic E-state index is 12.2. The Bertz CT molecular complexity index is 876. The molecule has 6 heteroatoms. The number of aromatic amines is 2. The van der Waals surface area contributed by atoms with E-state index in [4.69, 9.17) is 4.74 Å². The molecule has 6 nitrogen and oxygen atoms in total. The van der Waals surface area contributed by atoms with Crippen molar-refractivity contribution < 1.29 is 4.74 Å². The molecule has 0 aliphatic rings. The highest BCUT2D eigenvalue weighted by Crippen LogP contribution is 2.23. The van der Waals surface area contributed by atoms with Crippen LogP contribution >= 0.6 is 0 Å². The number of ether oxygens (including phenoxy) is 1. The lowest BCUT2D eigenvalue weighted by Crippen LogP contribution is -2.10. The fraction of sp³-hybridized carbons (Fsp3) is 0.353. The van der Waals surface area contributed by atoms with Crippen molar-refractivity contribution in [2.24, 2.45) is 0 Å². The summed E-state index contributed by atoms with van der Waals surface area (Å²) in [6, 6.07) is 7.52. The van der Waals surface area contributed by atoms with Crippen molar-refractivity contribution in [2.45, 2.75) is 39.7 Å². The predicted octanol–water partition coefficient (Wildman–Crippen LogP) is 3.22. The van der Waals surface area contributed by atoms with E-state index in [0.717, 1.165) is 17.0 Å². The Morgan fingerprint density at radius 3 is 2.35 bits per heavy atom. The summed E-state index contributed by atoms with van der Waals surface area (Å²) in [6.07, 6.45) is 0.120. The summed E-state index contributed by atoms with van der Waals surface area (Å²) in [6.45, 7) is 8.03. The number of hydrogen-bond acceptors (Lipinski definition) is 4. The molecule has 0 fully saturated rings. The molecular formula is C17H20N4O2. The molecule has 2 aromatic heterocycles. The smallest absolute Gasteiger partial charge is 0.279 e. The van der Waals surface area contributed by atoms with E-state index < -0.39 is 0 Å². The zero-order valence-electron chi connectivity index (χ0n) is 13.7. The van der Waals surface area contributed by atoms with Gasteiger partial charge in [0.1, 0.15) is 17.1 Å². The summed E-state index contributed by atoms with van der Waals surface area (Å²) in [5.74, 6) is 1.53. The van der Waals surface area contributed by atoms with Crippen LogP contribution in [0, 0.1) is 0 Å². The normalized spacial score (nSPS) is 11.6. The Balaban J connectivity index is 2.06. The molecule has 0 bridgehead atoms. The molecule has 2 N–H and O–H groups in total. The fourth-order valence-corrected chi connectivity index (χ4v) is 2.43. The predicted molar refractivity (Wildman–Crippen MR) is 89.8 cm³/mol. The Morgan fingerprint density at radius 1 is 1.04 bits per heavy atom. The number of aromatic nitrogens is 4.